The van der Waals surface area contributed by atoms with Crippen LogP contribution in [0.5, 0.6) is 0 Å². The van der Waals surface area contributed by atoms with Gasteiger partial charge in [0.2, 0.25) is 5.91 Å². The molecule has 3 aromatic rings. The zero-order valence-corrected chi connectivity index (χ0v) is 14.5. The van der Waals surface area contributed by atoms with Crippen molar-refractivity contribution in [3.05, 3.63) is 76.1 Å². The second-order valence-electron chi connectivity index (χ2n) is 6.03. The van der Waals surface area contributed by atoms with Crippen molar-refractivity contribution in [2.75, 3.05) is 5.32 Å². The number of hydrogen-bond donors (Lipinski definition) is 1. The van der Waals surface area contributed by atoms with Gasteiger partial charge in [-0.15, -0.1) is 0 Å². The lowest BCUT2D eigenvalue weighted by Crippen LogP contribution is -2.13. The van der Waals surface area contributed by atoms with E-state index in [1.165, 1.54) is 11.6 Å². The summed E-state index contributed by atoms with van der Waals surface area (Å²) in [6.07, 6.45) is 1.18. The SMILES string of the molecule is CCc1ccc(C(=O)CCC(=O)Nc2ccc3oc(=O)ccc3c2)cc1. The summed E-state index contributed by atoms with van der Waals surface area (Å²) in [6, 6.07) is 15.5. The Morgan fingerprint density at radius 3 is 2.46 bits per heavy atom. The molecule has 1 amide bonds. The second kappa shape index (κ2) is 7.78. The normalized spacial score (nSPS) is 10.7. The van der Waals surface area contributed by atoms with Crippen molar-refractivity contribution in [3.63, 3.8) is 0 Å². The van der Waals surface area contributed by atoms with Gasteiger partial charge in [-0.25, -0.2) is 4.79 Å². The molecule has 0 bridgehead atoms. The third-order valence-electron chi connectivity index (χ3n) is 4.17. The fourth-order valence-corrected chi connectivity index (χ4v) is 2.67. The lowest BCUT2D eigenvalue weighted by atomic mass is 10.0. The minimum atomic E-state index is -0.417. The summed E-state index contributed by atoms with van der Waals surface area (Å²) < 4.78 is 5.05. The van der Waals surface area contributed by atoms with E-state index in [1.807, 2.05) is 12.1 Å². The molecule has 1 heterocycles. The molecule has 26 heavy (non-hydrogen) atoms. The molecule has 0 spiro atoms. The molecule has 0 aliphatic heterocycles. The Morgan fingerprint density at radius 2 is 1.73 bits per heavy atom. The number of amides is 1. The van der Waals surface area contributed by atoms with Crippen LogP contribution in [0, 0.1) is 0 Å². The van der Waals surface area contributed by atoms with Crippen LogP contribution in [0.4, 0.5) is 5.69 Å². The van der Waals surface area contributed by atoms with Gasteiger partial charge in [0, 0.05) is 35.5 Å². The third kappa shape index (κ3) is 4.25. The van der Waals surface area contributed by atoms with E-state index in [0.717, 1.165) is 11.8 Å². The average Bonchev–Trinajstić information content (AvgIpc) is 2.66. The number of anilines is 1. The lowest BCUT2D eigenvalue weighted by Gasteiger charge is -2.06. The molecular formula is C21H19NO4. The van der Waals surface area contributed by atoms with Crippen molar-refractivity contribution in [1.29, 1.82) is 0 Å². The minimum Gasteiger partial charge on any atom is -0.423 e. The summed E-state index contributed by atoms with van der Waals surface area (Å²) >= 11 is 0. The quantitative estimate of drug-likeness (QED) is 0.540. The highest BCUT2D eigenvalue weighted by Crippen LogP contribution is 2.18. The topological polar surface area (TPSA) is 76.4 Å². The Morgan fingerprint density at radius 1 is 0.962 bits per heavy atom. The molecule has 5 nitrogen and oxygen atoms in total. The maximum Gasteiger partial charge on any atom is 0.336 e. The van der Waals surface area contributed by atoms with Crippen LogP contribution in [0.2, 0.25) is 0 Å². The molecule has 0 saturated carbocycles. The van der Waals surface area contributed by atoms with Gasteiger partial charge in [-0.2, -0.15) is 0 Å². The van der Waals surface area contributed by atoms with Gasteiger partial charge in [-0.3, -0.25) is 9.59 Å². The van der Waals surface area contributed by atoms with Crippen LogP contribution in [-0.2, 0) is 11.2 Å². The van der Waals surface area contributed by atoms with E-state index in [2.05, 4.69) is 12.2 Å². The van der Waals surface area contributed by atoms with Crippen molar-refractivity contribution < 1.29 is 14.0 Å². The van der Waals surface area contributed by atoms with Crippen LogP contribution < -0.4 is 10.9 Å². The monoisotopic (exact) mass is 349 g/mol. The summed E-state index contributed by atoms with van der Waals surface area (Å²) in [5, 5.41) is 3.48. The van der Waals surface area contributed by atoms with Crippen molar-refractivity contribution in [2.45, 2.75) is 26.2 Å². The molecule has 132 valence electrons. The van der Waals surface area contributed by atoms with Crippen LogP contribution in [-0.4, -0.2) is 11.7 Å². The maximum absolute atomic E-state index is 12.2. The van der Waals surface area contributed by atoms with Crippen LogP contribution >= 0.6 is 0 Å². The minimum absolute atomic E-state index is 0.0527. The lowest BCUT2D eigenvalue weighted by molar-refractivity contribution is -0.116. The molecular weight excluding hydrogens is 330 g/mol. The van der Waals surface area contributed by atoms with Crippen molar-refractivity contribution in [2.24, 2.45) is 0 Å². The first-order chi connectivity index (χ1) is 12.5. The standard InChI is InChI=1S/C21H19NO4/c1-2-14-3-5-15(6-4-14)18(23)9-11-20(24)22-17-8-10-19-16(13-17)7-12-21(25)26-19/h3-8,10,12-13H,2,9,11H2,1H3,(H,22,24). The highest BCUT2D eigenvalue weighted by molar-refractivity contribution is 6.00. The largest absolute Gasteiger partial charge is 0.423 e. The van der Waals surface area contributed by atoms with E-state index in [9.17, 15) is 14.4 Å². The number of nitrogens with one attached hydrogen (secondary N) is 1. The van der Waals surface area contributed by atoms with Crippen molar-refractivity contribution >= 4 is 28.3 Å². The zero-order chi connectivity index (χ0) is 18.5. The van der Waals surface area contributed by atoms with E-state index in [1.54, 1.807) is 36.4 Å². The summed E-state index contributed by atoms with van der Waals surface area (Å²) in [6.45, 7) is 2.06. The summed E-state index contributed by atoms with van der Waals surface area (Å²) in [5.41, 5.74) is 2.43. The third-order valence-corrected chi connectivity index (χ3v) is 4.17. The van der Waals surface area contributed by atoms with Gasteiger partial charge in [0.1, 0.15) is 5.58 Å². The molecule has 0 aliphatic carbocycles. The fraction of sp³-hybridized carbons (Fsp3) is 0.190. The van der Waals surface area contributed by atoms with Gasteiger partial charge < -0.3 is 9.73 Å². The van der Waals surface area contributed by atoms with Gasteiger partial charge in [-0.1, -0.05) is 31.2 Å². The summed E-state index contributed by atoms with van der Waals surface area (Å²) in [7, 11) is 0. The molecule has 0 unspecified atom stereocenters. The molecule has 0 fully saturated rings. The zero-order valence-electron chi connectivity index (χ0n) is 14.5. The van der Waals surface area contributed by atoms with Gasteiger partial charge in [0.25, 0.3) is 0 Å². The molecule has 3 rings (SSSR count). The van der Waals surface area contributed by atoms with Gasteiger partial charge in [0.05, 0.1) is 0 Å². The first-order valence-electron chi connectivity index (χ1n) is 8.51. The predicted octanol–water partition coefficient (Wildman–Crippen LogP) is 3.96. The molecule has 1 N–H and O–H groups in total. The Kier molecular flexibility index (Phi) is 5.27. The summed E-state index contributed by atoms with van der Waals surface area (Å²) in [5.74, 6) is -0.289. The molecule has 1 aromatic heterocycles. The molecule has 0 aliphatic rings. The number of fused-ring (bicyclic) bond motifs is 1. The highest BCUT2D eigenvalue weighted by Gasteiger charge is 2.10. The van der Waals surface area contributed by atoms with Crippen LogP contribution in [0.1, 0.15) is 35.7 Å². The van der Waals surface area contributed by atoms with Crippen LogP contribution in [0.15, 0.2) is 63.8 Å². The highest BCUT2D eigenvalue weighted by atomic mass is 16.4. The Bertz CT molecular complexity index is 1000. The Labute approximate surface area is 150 Å². The van der Waals surface area contributed by atoms with Crippen molar-refractivity contribution in [1.82, 2.24) is 0 Å². The van der Waals surface area contributed by atoms with Crippen LogP contribution in [0.3, 0.4) is 0 Å². The predicted molar refractivity (Wildman–Crippen MR) is 100 cm³/mol. The molecule has 0 saturated heterocycles. The number of benzene rings is 2. The van der Waals surface area contributed by atoms with Gasteiger partial charge in [-0.05, 0) is 36.2 Å². The summed E-state index contributed by atoms with van der Waals surface area (Å²) in [4.78, 5) is 35.5. The number of Topliss-reactive ketones (excluding diaryl/α,β-unsaturated/α-hetero) is 1. The second-order valence-corrected chi connectivity index (χ2v) is 6.03. The fourth-order valence-electron chi connectivity index (χ4n) is 2.67. The number of ketones is 1. The van der Waals surface area contributed by atoms with Crippen LogP contribution in [0.25, 0.3) is 11.0 Å². The first-order valence-corrected chi connectivity index (χ1v) is 8.51. The molecule has 5 heteroatoms. The van der Waals surface area contributed by atoms with E-state index < -0.39 is 5.63 Å². The van der Waals surface area contributed by atoms with Crippen molar-refractivity contribution in [3.8, 4) is 0 Å². The Hall–Kier alpha value is -3.21. The smallest absolute Gasteiger partial charge is 0.336 e. The number of carbonyl (C=O) groups is 2. The number of aryl methyl sites for hydroxylation is 1. The molecule has 0 radical (unpaired) electrons. The number of hydrogen-bond acceptors (Lipinski definition) is 4. The van der Waals surface area contributed by atoms with E-state index >= 15 is 0 Å². The van der Waals surface area contributed by atoms with E-state index in [4.69, 9.17) is 4.42 Å². The van der Waals surface area contributed by atoms with E-state index in [0.29, 0.717) is 16.8 Å². The first kappa shape index (κ1) is 17.6. The van der Waals surface area contributed by atoms with E-state index in [-0.39, 0.29) is 24.5 Å². The molecule has 0 atom stereocenters. The molecule has 2 aromatic carbocycles. The average molecular weight is 349 g/mol. The number of carbonyl (C=O) groups excluding carboxylic acids is 2. The Balaban J connectivity index is 1.59. The van der Waals surface area contributed by atoms with Gasteiger partial charge >= 0.3 is 5.63 Å². The maximum atomic E-state index is 12.2. The van der Waals surface area contributed by atoms with Gasteiger partial charge in [0.15, 0.2) is 5.78 Å². The number of rotatable bonds is 6.